The first kappa shape index (κ1) is 12.6. The second-order valence-corrected chi connectivity index (χ2v) is 3.66. The molecule has 0 bridgehead atoms. The minimum atomic E-state index is -0.593. The van der Waals surface area contributed by atoms with Gasteiger partial charge in [0.1, 0.15) is 11.9 Å². The minimum absolute atomic E-state index is 0.191. The summed E-state index contributed by atoms with van der Waals surface area (Å²) in [5.41, 5.74) is 0.574. The number of hydrogen-bond acceptors (Lipinski definition) is 5. The van der Waals surface area contributed by atoms with Crippen molar-refractivity contribution in [3.05, 3.63) is 58.2 Å². The van der Waals surface area contributed by atoms with E-state index in [9.17, 15) is 15.3 Å². The van der Waals surface area contributed by atoms with Gasteiger partial charge in [-0.15, -0.1) is 0 Å². The molecule has 0 unspecified atom stereocenters. The molecule has 1 heterocycles. The van der Waals surface area contributed by atoms with Crippen LogP contribution in [0.2, 0.25) is 0 Å². The summed E-state index contributed by atoms with van der Waals surface area (Å²) < 4.78 is 5.63. The molecule has 1 aromatic heterocycles. The zero-order chi connectivity index (χ0) is 13.8. The molecule has 2 rings (SSSR count). The summed E-state index contributed by atoms with van der Waals surface area (Å²) in [6.07, 6.45) is 0.988. The van der Waals surface area contributed by atoms with Gasteiger partial charge >= 0.3 is 0 Å². The zero-order valence-electron chi connectivity index (χ0n) is 10.1. The fraction of sp³-hybridized carbons (Fsp3) is 0.0833. The molecule has 0 aliphatic carbocycles. The predicted octanol–water partition coefficient (Wildman–Crippen LogP) is 1.87. The molecule has 0 amide bonds. The highest BCUT2D eigenvalue weighted by molar-refractivity contribution is 5.41. The summed E-state index contributed by atoms with van der Waals surface area (Å²) in [6, 6.07) is 9.51. The average Bonchev–Trinajstić information content (AvgIpc) is 2.41. The third-order valence-corrected chi connectivity index (χ3v) is 2.42. The van der Waals surface area contributed by atoms with E-state index in [-0.39, 0.29) is 11.2 Å². The van der Waals surface area contributed by atoms with Gasteiger partial charge < -0.3 is 9.94 Å². The maximum absolute atomic E-state index is 10.5. The van der Waals surface area contributed by atoms with Crippen molar-refractivity contribution in [3.8, 4) is 5.75 Å². The van der Waals surface area contributed by atoms with Gasteiger partial charge in [0.05, 0.1) is 17.7 Å². The van der Waals surface area contributed by atoms with Crippen molar-refractivity contribution in [3.63, 3.8) is 0 Å². The molecule has 0 aliphatic heterocycles. The standard InChI is InChI=1S/C12H11N3O4/c1-19-11-5-2-9(3-6-11)13-12-7-4-10(15(17)18)8-14(12)16/h2-8,16H,1H3. The predicted molar refractivity (Wildman–Crippen MR) is 66.5 cm³/mol. The van der Waals surface area contributed by atoms with E-state index in [4.69, 9.17) is 4.74 Å². The van der Waals surface area contributed by atoms with Crippen LogP contribution in [-0.2, 0) is 0 Å². The quantitative estimate of drug-likeness (QED) is 0.519. The lowest BCUT2D eigenvalue weighted by Gasteiger charge is -2.00. The van der Waals surface area contributed by atoms with Crippen molar-refractivity contribution in [2.45, 2.75) is 0 Å². The number of pyridine rings is 1. The smallest absolute Gasteiger partial charge is 0.289 e. The Bertz CT molecular complexity index is 661. The van der Waals surface area contributed by atoms with Crippen LogP contribution >= 0.6 is 0 Å². The maximum Gasteiger partial charge on any atom is 0.289 e. The third kappa shape index (κ3) is 2.89. The molecule has 2 aromatic rings. The fourth-order valence-electron chi connectivity index (χ4n) is 1.46. The van der Waals surface area contributed by atoms with Crippen LogP contribution in [0.15, 0.2) is 47.6 Å². The maximum atomic E-state index is 10.5. The van der Waals surface area contributed by atoms with Gasteiger partial charge in [-0.05, 0) is 30.3 Å². The van der Waals surface area contributed by atoms with E-state index in [1.165, 1.54) is 12.1 Å². The van der Waals surface area contributed by atoms with E-state index in [1.54, 1.807) is 31.4 Å². The Labute approximate surface area is 108 Å². The van der Waals surface area contributed by atoms with E-state index in [0.29, 0.717) is 16.2 Å². The highest BCUT2D eigenvalue weighted by Gasteiger charge is 2.05. The summed E-state index contributed by atoms with van der Waals surface area (Å²) in [6.45, 7) is 0. The van der Waals surface area contributed by atoms with E-state index in [0.717, 1.165) is 6.20 Å². The Morgan fingerprint density at radius 2 is 1.95 bits per heavy atom. The van der Waals surface area contributed by atoms with Crippen molar-refractivity contribution in [1.29, 1.82) is 0 Å². The van der Waals surface area contributed by atoms with Crippen LogP contribution in [0, 0.1) is 10.1 Å². The molecule has 7 nitrogen and oxygen atoms in total. The Morgan fingerprint density at radius 3 is 2.47 bits per heavy atom. The Balaban J connectivity index is 2.39. The van der Waals surface area contributed by atoms with Crippen molar-refractivity contribution < 1.29 is 14.9 Å². The van der Waals surface area contributed by atoms with Crippen molar-refractivity contribution in [1.82, 2.24) is 4.73 Å². The number of ether oxygens (including phenoxy) is 1. The normalized spacial score (nSPS) is 11.3. The lowest BCUT2D eigenvalue weighted by molar-refractivity contribution is -0.385. The molecule has 7 heteroatoms. The largest absolute Gasteiger partial charge is 0.497 e. The van der Waals surface area contributed by atoms with Gasteiger partial charge in [0, 0.05) is 6.07 Å². The van der Waals surface area contributed by atoms with Gasteiger partial charge in [-0.2, -0.15) is 4.73 Å². The van der Waals surface area contributed by atoms with Crippen LogP contribution in [0.25, 0.3) is 0 Å². The first-order valence-corrected chi connectivity index (χ1v) is 5.35. The highest BCUT2D eigenvalue weighted by atomic mass is 16.6. The molecule has 0 radical (unpaired) electrons. The first-order valence-electron chi connectivity index (χ1n) is 5.35. The number of methoxy groups -OCH3 is 1. The van der Waals surface area contributed by atoms with Gasteiger partial charge in [-0.25, -0.2) is 4.99 Å². The second-order valence-electron chi connectivity index (χ2n) is 3.66. The molecule has 1 aromatic carbocycles. The van der Waals surface area contributed by atoms with E-state index < -0.39 is 4.92 Å². The summed E-state index contributed by atoms with van der Waals surface area (Å²) >= 11 is 0. The SMILES string of the molecule is COc1ccc(N=c2ccc([N+](=O)[O-])cn2O)cc1. The van der Waals surface area contributed by atoms with Gasteiger partial charge in [0.2, 0.25) is 0 Å². The number of rotatable bonds is 3. The lowest BCUT2D eigenvalue weighted by atomic mass is 10.3. The number of nitro groups is 1. The number of hydrogen-bond donors (Lipinski definition) is 1. The number of benzene rings is 1. The Kier molecular flexibility index (Phi) is 3.46. The molecule has 98 valence electrons. The van der Waals surface area contributed by atoms with Crippen LogP contribution in [0.1, 0.15) is 0 Å². The van der Waals surface area contributed by atoms with Crippen LogP contribution in [0.3, 0.4) is 0 Å². The fourth-order valence-corrected chi connectivity index (χ4v) is 1.46. The van der Waals surface area contributed by atoms with Crippen LogP contribution in [0.4, 0.5) is 11.4 Å². The van der Waals surface area contributed by atoms with E-state index in [1.807, 2.05) is 0 Å². The van der Waals surface area contributed by atoms with Gasteiger partial charge in [-0.3, -0.25) is 10.1 Å². The summed E-state index contributed by atoms with van der Waals surface area (Å²) in [4.78, 5) is 14.1. The Hall–Kier alpha value is -2.83. The number of nitrogens with zero attached hydrogens (tertiary/aromatic N) is 3. The van der Waals surface area contributed by atoms with Crippen molar-refractivity contribution >= 4 is 11.4 Å². The summed E-state index contributed by atoms with van der Waals surface area (Å²) in [5, 5.41) is 20.1. The van der Waals surface area contributed by atoms with E-state index >= 15 is 0 Å². The highest BCUT2D eigenvalue weighted by Crippen LogP contribution is 2.17. The second kappa shape index (κ2) is 5.21. The average molecular weight is 261 g/mol. The Morgan fingerprint density at radius 1 is 1.26 bits per heavy atom. The molecule has 0 saturated heterocycles. The monoisotopic (exact) mass is 261 g/mol. The van der Waals surface area contributed by atoms with Gasteiger partial charge in [-0.1, -0.05) is 0 Å². The molecular formula is C12H11N3O4. The van der Waals surface area contributed by atoms with E-state index in [2.05, 4.69) is 4.99 Å². The minimum Gasteiger partial charge on any atom is -0.497 e. The molecule has 0 spiro atoms. The first-order chi connectivity index (χ1) is 9.10. The summed E-state index contributed by atoms with van der Waals surface area (Å²) in [7, 11) is 1.56. The molecule has 0 aliphatic rings. The molecule has 0 saturated carbocycles. The molecule has 0 atom stereocenters. The van der Waals surface area contributed by atoms with Crippen molar-refractivity contribution in [2.75, 3.05) is 7.11 Å². The van der Waals surface area contributed by atoms with Crippen LogP contribution in [-0.4, -0.2) is 22.0 Å². The van der Waals surface area contributed by atoms with Gasteiger partial charge in [0.15, 0.2) is 5.49 Å². The summed E-state index contributed by atoms with van der Waals surface area (Å²) in [5.74, 6) is 0.694. The lowest BCUT2D eigenvalue weighted by Crippen LogP contribution is -2.17. The van der Waals surface area contributed by atoms with Crippen molar-refractivity contribution in [2.24, 2.45) is 4.99 Å². The molecule has 19 heavy (non-hydrogen) atoms. The molecule has 1 N–H and O–H groups in total. The molecule has 0 fully saturated rings. The third-order valence-electron chi connectivity index (χ3n) is 2.42. The van der Waals surface area contributed by atoms with Crippen LogP contribution < -0.4 is 10.2 Å². The van der Waals surface area contributed by atoms with Crippen LogP contribution in [0.5, 0.6) is 5.75 Å². The number of aromatic nitrogens is 1. The topological polar surface area (TPSA) is 89.9 Å². The zero-order valence-corrected chi connectivity index (χ0v) is 10.1. The molecular weight excluding hydrogens is 250 g/mol. The van der Waals surface area contributed by atoms with Gasteiger partial charge in [0.25, 0.3) is 5.69 Å².